The molecule has 0 spiro atoms. The van der Waals surface area contributed by atoms with Crippen molar-refractivity contribution in [2.45, 2.75) is 44.2 Å². The van der Waals surface area contributed by atoms with Gasteiger partial charge in [-0.15, -0.1) is 0 Å². The molecule has 1 aromatic rings. The zero-order chi connectivity index (χ0) is 15.0. The Hall–Kier alpha value is -1.12. The molecular formula is C12H22N4O3S. The fourth-order valence-corrected chi connectivity index (χ4v) is 4.18. The van der Waals surface area contributed by atoms with Gasteiger partial charge in [0.05, 0.1) is 18.8 Å². The molecule has 0 bridgehead atoms. The number of rotatable bonds is 4. The molecule has 1 saturated heterocycles. The van der Waals surface area contributed by atoms with Crippen molar-refractivity contribution in [1.82, 2.24) is 14.1 Å². The van der Waals surface area contributed by atoms with Gasteiger partial charge in [-0.1, -0.05) is 6.92 Å². The van der Waals surface area contributed by atoms with Crippen LogP contribution >= 0.6 is 0 Å². The molecule has 1 aliphatic rings. The summed E-state index contributed by atoms with van der Waals surface area (Å²) in [6, 6.07) is 0. The topological polar surface area (TPSA) is 90.5 Å². The number of nitrogens with two attached hydrogens (primary N) is 1. The lowest BCUT2D eigenvalue weighted by atomic mass is 10.1. The molecule has 0 saturated carbocycles. The second-order valence-electron chi connectivity index (χ2n) is 5.58. The van der Waals surface area contributed by atoms with Crippen LogP contribution in [0.3, 0.4) is 0 Å². The van der Waals surface area contributed by atoms with E-state index in [1.165, 1.54) is 10.5 Å². The van der Waals surface area contributed by atoms with E-state index in [4.69, 9.17) is 10.5 Å². The van der Waals surface area contributed by atoms with Crippen LogP contribution in [0.5, 0.6) is 0 Å². The van der Waals surface area contributed by atoms with Crippen molar-refractivity contribution >= 4 is 15.8 Å². The van der Waals surface area contributed by atoms with E-state index < -0.39 is 15.6 Å². The van der Waals surface area contributed by atoms with Crippen LogP contribution in [0.4, 0.5) is 5.82 Å². The summed E-state index contributed by atoms with van der Waals surface area (Å²) in [4.78, 5) is 0.0842. The van der Waals surface area contributed by atoms with E-state index in [1.807, 2.05) is 20.8 Å². The highest BCUT2D eigenvalue weighted by Crippen LogP contribution is 2.29. The normalized spacial score (nSPS) is 20.1. The highest BCUT2D eigenvalue weighted by Gasteiger charge is 2.41. The molecule has 0 radical (unpaired) electrons. The van der Waals surface area contributed by atoms with E-state index in [0.29, 0.717) is 26.3 Å². The van der Waals surface area contributed by atoms with Gasteiger partial charge in [0, 0.05) is 19.3 Å². The van der Waals surface area contributed by atoms with E-state index in [1.54, 1.807) is 4.68 Å². The smallest absolute Gasteiger partial charge is 0.248 e. The van der Waals surface area contributed by atoms with Crippen LogP contribution in [0.2, 0.25) is 0 Å². The van der Waals surface area contributed by atoms with Crippen LogP contribution in [-0.4, -0.2) is 47.8 Å². The summed E-state index contributed by atoms with van der Waals surface area (Å²) >= 11 is 0. The monoisotopic (exact) mass is 302 g/mol. The molecule has 20 heavy (non-hydrogen) atoms. The van der Waals surface area contributed by atoms with Gasteiger partial charge >= 0.3 is 0 Å². The third-order valence-corrected chi connectivity index (χ3v) is 5.47. The zero-order valence-corrected chi connectivity index (χ0v) is 13.0. The number of hydrogen-bond donors (Lipinski definition) is 1. The van der Waals surface area contributed by atoms with Crippen molar-refractivity contribution in [3.05, 3.63) is 6.20 Å². The van der Waals surface area contributed by atoms with Crippen LogP contribution in [0.25, 0.3) is 0 Å². The molecule has 0 aromatic carbocycles. The van der Waals surface area contributed by atoms with E-state index in [0.717, 1.165) is 6.42 Å². The first-order valence-corrected chi connectivity index (χ1v) is 8.16. The van der Waals surface area contributed by atoms with Crippen LogP contribution in [0.15, 0.2) is 11.1 Å². The second kappa shape index (κ2) is 5.34. The lowest BCUT2D eigenvalue weighted by Crippen LogP contribution is -2.55. The molecule has 0 atom stereocenters. The summed E-state index contributed by atoms with van der Waals surface area (Å²) in [6.45, 7) is 7.42. The minimum atomic E-state index is -3.65. The van der Waals surface area contributed by atoms with E-state index in [2.05, 4.69) is 5.10 Å². The van der Waals surface area contributed by atoms with E-state index >= 15 is 0 Å². The number of morpholine rings is 1. The third-order valence-electron chi connectivity index (χ3n) is 3.34. The van der Waals surface area contributed by atoms with Gasteiger partial charge in [-0.05, 0) is 20.3 Å². The Kier molecular flexibility index (Phi) is 4.08. The number of sulfonamides is 1. The maximum atomic E-state index is 12.8. The molecule has 114 valence electrons. The summed E-state index contributed by atoms with van der Waals surface area (Å²) in [7, 11) is -3.65. The number of nitrogens with zero attached hydrogens (tertiary/aromatic N) is 3. The maximum absolute atomic E-state index is 12.8. The summed E-state index contributed by atoms with van der Waals surface area (Å²) < 4.78 is 33.9. The lowest BCUT2D eigenvalue weighted by Gasteiger charge is -2.40. The van der Waals surface area contributed by atoms with Crippen LogP contribution in [0.1, 0.15) is 27.2 Å². The van der Waals surface area contributed by atoms with Crippen molar-refractivity contribution in [1.29, 1.82) is 0 Å². The molecule has 8 heteroatoms. The fourth-order valence-electron chi connectivity index (χ4n) is 2.37. The standard InChI is InChI=1S/C12H22N4O3S/c1-4-5-15-8-10(11(13)14-15)20(17,18)16-6-7-19-9-12(16,2)3/h8H,4-7,9H2,1-3H3,(H2,13,14). The summed E-state index contributed by atoms with van der Waals surface area (Å²) in [5.41, 5.74) is 5.20. The Bertz CT molecular complexity index is 580. The summed E-state index contributed by atoms with van der Waals surface area (Å²) in [5, 5.41) is 4.07. The van der Waals surface area contributed by atoms with Crippen molar-refractivity contribution in [3.8, 4) is 0 Å². The molecule has 0 amide bonds. The number of hydrogen-bond acceptors (Lipinski definition) is 5. The number of nitrogen functional groups attached to an aromatic ring is 1. The quantitative estimate of drug-likeness (QED) is 0.883. The fraction of sp³-hybridized carbons (Fsp3) is 0.750. The molecule has 2 rings (SSSR count). The van der Waals surface area contributed by atoms with Gasteiger partial charge in [-0.3, -0.25) is 4.68 Å². The van der Waals surface area contributed by atoms with Crippen molar-refractivity contribution in [2.24, 2.45) is 0 Å². The largest absolute Gasteiger partial charge is 0.381 e. The first-order valence-electron chi connectivity index (χ1n) is 6.72. The highest BCUT2D eigenvalue weighted by atomic mass is 32.2. The number of aryl methyl sites for hydroxylation is 1. The van der Waals surface area contributed by atoms with Crippen LogP contribution in [-0.2, 0) is 21.3 Å². The molecule has 1 aliphatic heterocycles. The molecule has 0 unspecified atom stereocenters. The van der Waals surface area contributed by atoms with Crippen LogP contribution < -0.4 is 5.73 Å². The van der Waals surface area contributed by atoms with Gasteiger partial charge in [0.15, 0.2) is 5.82 Å². The molecule has 1 aromatic heterocycles. The maximum Gasteiger partial charge on any atom is 0.248 e. The van der Waals surface area contributed by atoms with Gasteiger partial charge in [-0.25, -0.2) is 8.42 Å². The predicted molar refractivity (Wildman–Crippen MR) is 75.7 cm³/mol. The minimum Gasteiger partial charge on any atom is -0.381 e. The predicted octanol–water partition coefficient (Wildman–Crippen LogP) is 0.675. The Morgan fingerprint density at radius 1 is 1.50 bits per heavy atom. The average Bonchev–Trinajstić information content (AvgIpc) is 2.70. The Morgan fingerprint density at radius 2 is 2.20 bits per heavy atom. The first kappa shape index (κ1) is 15.3. The minimum absolute atomic E-state index is 0.0562. The molecule has 0 aliphatic carbocycles. The van der Waals surface area contributed by atoms with Crippen molar-refractivity contribution in [3.63, 3.8) is 0 Å². The van der Waals surface area contributed by atoms with E-state index in [-0.39, 0.29) is 10.7 Å². The molecular weight excluding hydrogens is 280 g/mol. The highest BCUT2D eigenvalue weighted by molar-refractivity contribution is 7.89. The molecule has 2 heterocycles. The SMILES string of the molecule is CCCn1cc(S(=O)(=O)N2CCOCC2(C)C)c(N)n1. The average molecular weight is 302 g/mol. The number of anilines is 1. The number of ether oxygens (including phenoxy) is 1. The third kappa shape index (κ3) is 2.68. The molecule has 1 fully saturated rings. The van der Waals surface area contributed by atoms with Crippen molar-refractivity contribution in [2.75, 3.05) is 25.5 Å². The second-order valence-corrected chi connectivity index (χ2v) is 7.41. The van der Waals surface area contributed by atoms with Crippen molar-refractivity contribution < 1.29 is 13.2 Å². The van der Waals surface area contributed by atoms with Crippen LogP contribution in [0, 0.1) is 0 Å². The molecule has 2 N–H and O–H groups in total. The van der Waals surface area contributed by atoms with Gasteiger partial charge in [0.25, 0.3) is 0 Å². The molecule has 7 nitrogen and oxygen atoms in total. The van der Waals surface area contributed by atoms with Gasteiger partial charge < -0.3 is 10.5 Å². The van der Waals surface area contributed by atoms with E-state index in [9.17, 15) is 8.42 Å². The Morgan fingerprint density at radius 3 is 2.80 bits per heavy atom. The number of aromatic nitrogens is 2. The first-order chi connectivity index (χ1) is 9.29. The summed E-state index contributed by atoms with van der Waals surface area (Å²) in [5.74, 6) is 0.0562. The Balaban J connectivity index is 2.39. The van der Waals surface area contributed by atoms with Gasteiger partial charge in [0.1, 0.15) is 4.90 Å². The lowest BCUT2D eigenvalue weighted by molar-refractivity contribution is -0.00769. The summed E-state index contributed by atoms with van der Waals surface area (Å²) in [6.07, 6.45) is 2.38. The zero-order valence-electron chi connectivity index (χ0n) is 12.2. The van der Waals surface area contributed by atoms with Gasteiger partial charge in [-0.2, -0.15) is 9.40 Å². The Labute approximate surface area is 119 Å². The van der Waals surface area contributed by atoms with Gasteiger partial charge in [0.2, 0.25) is 10.0 Å².